The number of H-pyrrole nitrogens is 1. The highest BCUT2D eigenvalue weighted by Crippen LogP contribution is 2.39. The van der Waals surface area contributed by atoms with Gasteiger partial charge in [0, 0.05) is 31.9 Å². The zero-order valence-electron chi connectivity index (χ0n) is 27.6. The van der Waals surface area contributed by atoms with Crippen LogP contribution in [0.5, 0.6) is 11.5 Å². The number of aromatic amines is 1. The Morgan fingerprint density at radius 2 is 1.77 bits per heavy atom. The van der Waals surface area contributed by atoms with E-state index in [2.05, 4.69) is 36.1 Å². The van der Waals surface area contributed by atoms with Gasteiger partial charge in [0.25, 0.3) is 11.8 Å². The lowest BCUT2D eigenvalue weighted by molar-refractivity contribution is 0.0679. The van der Waals surface area contributed by atoms with E-state index in [0.29, 0.717) is 80.7 Å². The number of ether oxygens (including phenoxy) is 2. The maximum absolute atomic E-state index is 14.2. The summed E-state index contributed by atoms with van der Waals surface area (Å²) in [6.07, 6.45) is 2.64. The summed E-state index contributed by atoms with van der Waals surface area (Å²) in [5, 5.41) is 4.64. The number of nitrogens with zero attached hydrogens (tertiary/aromatic N) is 4. The highest BCUT2D eigenvalue weighted by Gasteiger charge is 2.34. The Hall–Kier alpha value is -4.86. The molecular weight excluding hydrogens is 594 g/mol. The maximum atomic E-state index is 14.2. The fourth-order valence-electron chi connectivity index (χ4n) is 6.64. The van der Waals surface area contributed by atoms with Crippen molar-refractivity contribution in [3.63, 3.8) is 0 Å². The Labute approximate surface area is 275 Å². The fourth-order valence-corrected chi connectivity index (χ4v) is 6.64. The van der Waals surface area contributed by atoms with Crippen LogP contribution in [0.1, 0.15) is 82.2 Å². The Morgan fingerprint density at radius 3 is 2.57 bits per heavy atom. The second-order valence-corrected chi connectivity index (χ2v) is 12.7. The Balaban J connectivity index is 1.31. The van der Waals surface area contributed by atoms with Crippen molar-refractivity contribution >= 4 is 11.8 Å². The van der Waals surface area contributed by atoms with Crippen LogP contribution in [0.15, 0.2) is 65.5 Å². The predicted molar refractivity (Wildman–Crippen MR) is 179 cm³/mol. The first-order valence-corrected chi connectivity index (χ1v) is 16.6. The van der Waals surface area contributed by atoms with Crippen LogP contribution in [0.25, 0.3) is 0 Å². The molecule has 1 N–H and O–H groups in total. The van der Waals surface area contributed by atoms with Crippen molar-refractivity contribution in [3.05, 3.63) is 110 Å². The van der Waals surface area contributed by atoms with Crippen LogP contribution in [0.2, 0.25) is 0 Å². The molecular formula is C37H43N5O5. The lowest BCUT2D eigenvalue weighted by atomic mass is 9.87. The summed E-state index contributed by atoms with van der Waals surface area (Å²) in [5.41, 5.74) is 5.53. The van der Waals surface area contributed by atoms with Gasteiger partial charge in [-0.1, -0.05) is 39.0 Å². The second-order valence-electron chi connectivity index (χ2n) is 12.7. The molecule has 5 heterocycles. The third kappa shape index (κ3) is 6.96. The van der Waals surface area contributed by atoms with Crippen molar-refractivity contribution in [1.29, 1.82) is 0 Å². The van der Waals surface area contributed by atoms with Gasteiger partial charge in [-0.2, -0.15) is 5.10 Å². The number of pyridine rings is 1. The van der Waals surface area contributed by atoms with E-state index in [1.807, 2.05) is 55.3 Å². The van der Waals surface area contributed by atoms with Crippen LogP contribution in [-0.2, 0) is 26.3 Å². The van der Waals surface area contributed by atoms with Gasteiger partial charge < -0.3 is 24.3 Å². The van der Waals surface area contributed by atoms with Gasteiger partial charge in [0.15, 0.2) is 0 Å². The van der Waals surface area contributed by atoms with Crippen LogP contribution in [0, 0.1) is 5.92 Å². The van der Waals surface area contributed by atoms with Crippen molar-refractivity contribution < 1.29 is 19.1 Å². The van der Waals surface area contributed by atoms with Crippen LogP contribution in [0.4, 0.5) is 0 Å². The van der Waals surface area contributed by atoms with Gasteiger partial charge in [0.05, 0.1) is 30.5 Å². The molecule has 246 valence electrons. The van der Waals surface area contributed by atoms with Gasteiger partial charge >= 0.3 is 0 Å². The van der Waals surface area contributed by atoms with E-state index in [-0.39, 0.29) is 23.4 Å². The summed E-state index contributed by atoms with van der Waals surface area (Å²) >= 11 is 0. The quantitative estimate of drug-likeness (QED) is 0.331. The molecule has 2 amide bonds. The summed E-state index contributed by atoms with van der Waals surface area (Å²) < 4.78 is 14.1. The molecule has 2 aromatic carbocycles. The summed E-state index contributed by atoms with van der Waals surface area (Å²) in [5.74, 6) is 1.68. The molecule has 10 heteroatoms. The van der Waals surface area contributed by atoms with Crippen molar-refractivity contribution in [2.24, 2.45) is 13.0 Å². The summed E-state index contributed by atoms with van der Waals surface area (Å²) in [7, 11) is 1.84. The Bertz CT molecular complexity index is 1830. The second kappa shape index (κ2) is 13.9. The molecule has 6 bridgehead atoms. The van der Waals surface area contributed by atoms with Crippen LogP contribution in [0.3, 0.4) is 0 Å². The average Bonchev–Trinajstić information content (AvgIpc) is 3.42. The van der Waals surface area contributed by atoms with Crippen molar-refractivity contribution in [2.45, 2.75) is 52.5 Å². The molecule has 4 aromatic rings. The van der Waals surface area contributed by atoms with Crippen LogP contribution >= 0.6 is 0 Å². The molecule has 3 aliphatic heterocycles. The number of carbonyl (C=O) groups excluding carboxylic acids is 2. The van der Waals surface area contributed by atoms with Gasteiger partial charge in [-0.3, -0.25) is 19.1 Å². The SMILES string of the molecule is CCc1[nH]c(=O)ccc1C(=O)N1CCCOc2cccc(c2)C2c3ccc(cc3CCN2C(=O)c2cc(CC(C)C)nn2C)OCC1. The lowest BCUT2D eigenvalue weighted by Crippen LogP contribution is -2.41. The first kappa shape index (κ1) is 32.1. The third-order valence-corrected chi connectivity index (χ3v) is 8.89. The van der Waals surface area contributed by atoms with Crippen LogP contribution in [-0.4, -0.2) is 69.2 Å². The summed E-state index contributed by atoms with van der Waals surface area (Å²) in [4.78, 5) is 46.3. The number of benzene rings is 2. The van der Waals surface area contributed by atoms with Crippen LogP contribution < -0.4 is 15.0 Å². The summed E-state index contributed by atoms with van der Waals surface area (Å²) in [6, 6.07) is 18.6. The molecule has 47 heavy (non-hydrogen) atoms. The summed E-state index contributed by atoms with van der Waals surface area (Å²) in [6.45, 7) is 8.30. The molecule has 3 aliphatic rings. The van der Waals surface area contributed by atoms with Crippen molar-refractivity contribution in [2.75, 3.05) is 32.8 Å². The number of hydrogen-bond acceptors (Lipinski definition) is 6. The topological polar surface area (TPSA) is 110 Å². The van der Waals surface area contributed by atoms with Gasteiger partial charge in [-0.05, 0) is 84.7 Å². The van der Waals surface area contributed by atoms with E-state index < -0.39 is 0 Å². The smallest absolute Gasteiger partial charge is 0.272 e. The van der Waals surface area contributed by atoms with E-state index in [4.69, 9.17) is 9.47 Å². The minimum absolute atomic E-state index is 0.0508. The number of aryl methyl sites for hydroxylation is 2. The highest BCUT2D eigenvalue weighted by molar-refractivity contribution is 5.95. The molecule has 0 spiro atoms. The number of rotatable bonds is 5. The van der Waals surface area contributed by atoms with E-state index in [0.717, 1.165) is 34.6 Å². The van der Waals surface area contributed by atoms with Crippen molar-refractivity contribution in [3.8, 4) is 11.5 Å². The zero-order valence-corrected chi connectivity index (χ0v) is 27.6. The van der Waals surface area contributed by atoms with Gasteiger partial charge in [-0.25, -0.2) is 0 Å². The molecule has 0 fully saturated rings. The minimum atomic E-state index is -0.307. The lowest BCUT2D eigenvalue weighted by Gasteiger charge is -2.38. The number of aromatic nitrogens is 3. The number of hydrogen-bond donors (Lipinski definition) is 1. The van der Waals surface area contributed by atoms with Gasteiger partial charge in [0.1, 0.15) is 23.8 Å². The zero-order chi connectivity index (χ0) is 33.1. The van der Waals surface area contributed by atoms with Gasteiger partial charge in [-0.15, -0.1) is 0 Å². The average molecular weight is 638 g/mol. The number of fused-ring (bicyclic) bond motifs is 8. The normalized spacial score (nSPS) is 16.6. The number of carbonyl (C=O) groups is 2. The molecule has 1 unspecified atom stereocenters. The van der Waals surface area contributed by atoms with E-state index in [1.54, 1.807) is 15.6 Å². The van der Waals surface area contributed by atoms with Gasteiger partial charge in [0.2, 0.25) is 5.56 Å². The molecule has 0 radical (unpaired) electrons. The maximum Gasteiger partial charge on any atom is 0.272 e. The molecule has 7 rings (SSSR count). The first-order chi connectivity index (χ1) is 22.7. The van der Waals surface area contributed by atoms with Crippen molar-refractivity contribution in [1.82, 2.24) is 24.6 Å². The predicted octanol–water partition coefficient (Wildman–Crippen LogP) is 4.96. The third-order valence-electron chi connectivity index (χ3n) is 8.89. The number of amides is 2. The van der Waals surface area contributed by atoms with E-state index in [1.165, 1.54) is 6.07 Å². The van der Waals surface area contributed by atoms with E-state index >= 15 is 0 Å². The monoisotopic (exact) mass is 637 g/mol. The molecule has 2 aromatic heterocycles. The highest BCUT2D eigenvalue weighted by atomic mass is 16.5. The first-order valence-electron chi connectivity index (χ1n) is 16.6. The molecule has 0 aliphatic carbocycles. The number of nitrogens with one attached hydrogen (secondary N) is 1. The largest absolute Gasteiger partial charge is 0.494 e. The molecule has 0 saturated heterocycles. The standard InChI is InChI=1S/C37H43N5O5/c1-5-32-31(12-13-34(43)38-32)36(44)41-15-7-18-46-28-9-6-8-26(22-28)35-30-11-10-29(47-19-17-41)21-25(30)14-16-42(35)37(45)33-23-27(20-24(2)3)39-40(33)4/h6,8-13,21-24,35H,5,7,14-20H2,1-4H3,(H,38,43). The molecule has 0 saturated carbocycles. The fraction of sp³-hybridized carbons (Fsp3) is 0.405. The molecule has 1 atom stereocenters. The minimum Gasteiger partial charge on any atom is -0.494 e. The Morgan fingerprint density at radius 1 is 0.957 bits per heavy atom. The van der Waals surface area contributed by atoms with E-state index in [9.17, 15) is 14.4 Å². The Kier molecular flexibility index (Phi) is 9.47. The molecule has 10 nitrogen and oxygen atoms in total.